The fourth-order valence-corrected chi connectivity index (χ4v) is 3.22. The molecule has 0 atom stereocenters. The highest BCUT2D eigenvalue weighted by atomic mass is 32.2. The summed E-state index contributed by atoms with van der Waals surface area (Å²) in [5.41, 5.74) is 0. The molecule has 0 radical (unpaired) electrons. The van der Waals surface area contributed by atoms with Gasteiger partial charge < -0.3 is 15.3 Å². The number of carbonyl (C=O) groups excluding carboxylic acids is 1. The number of carboxylic acids is 1. The molecule has 1 fully saturated rings. The van der Waals surface area contributed by atoms with E-state index in [0.717, 1.165) is 12.8 Å². The van der Waals surface area contributed by atoms with Crippen molar-refractivity contribution in [2.45, 2.75) is 37.4 Å². The molecule has 1 aliphatic carbocycles. The molecule has 0 aromatic carbocycles. The first kappa shape index (κ1) is 15.1. The molecule has 0 heterocycles. The quantitative estimate of drug-likeness (QED) is 0.774. The molecule has 0 aliphatic heterocycles. The third-order valence-electron chi connectivity index (χ3n) is 3.50. The van der Waals surface area contributed by atoms with Crippen molar-refractivity contribution in [2.75, 3.05) is 25.9 Å². The highest BCUT2D eigenvalue weighted by Crippen LogP contribution is 2.39. The van der Waals surface area contributed by atoms with E-state index in [1.165, 1.54) is 17.7 Å². The molecule has 6 heteroatoms. The van der Waals surface area contributed by atoms with E-state index in [0.29, 0.717) is 13.1 Å². The van der Waals surface area contributed by atoms with Gasteiger partial charge in [0.15, 0.2) is 0 Å². The second kappa shape index (κ2) is 6.87. The summed E-state index contributed by atoms with van der Waals surface area (Å²) in [5, 5.41) is 11.6. The fourth-order valence-electron chi connectivity index (χ4n) is 2.31. The van der Waals surface area contributed by atoms with Crippen molar-refractivity contribution in [1.82, 2.24) is 10.2 Å². The molecule has 104 valence electrons. The molecule has 5 nitrogen and oxygen atoms in total. The van der Waals surface area contributed by atoms with Crippen molar-refractivity contribution >= 4 is 23.8 Å². The van der Waals surface area contributed by atoms with Crippen LogP contribution in [0.5, 0.6) is 0 Å². The minimum atomic E-state index is -0.979. The summed E-state index contributed by atoms with van der Waals surface area (Å²) in [6, 6.07) is -0.278. The molecule has 0 aromatic rings. The van der Waals surface area contributed by atoms with Crippen molar-refractivity contribution in [3.05, 3.63) is 0 Å². The van der Waals surface area contributed by atoms with E-state index in [1.54, 1.807) is 18.7 Å². The van der Waals surface area contributed by atoms with Gasteiger partial charge in [-0.3, -0.25) is 4.79 Å². The van der Waals surface area contributed by atoms with E-state index >= 15 is 0 Å². The van der Waals surface area contributed by atoms with Crippen LogP contribution in [-0.2, 0) is 4.79 Å². The van der Waals surface area contributed by atoms with E-state index in [9.17, 15) is 9.59 Å². The number of nitrogens with one attached hydrogen (secondary N) is 1. The summed E-state index contributed by atoms with van der Waals surface area (Å²) < 4.78 is 0.151. The molecular formula is C12H22N2O3S. The number of thioether (sulfide) groups is 1. The van der Waals surface area contributed by atoms with Crippen LogP contribution in [0.1, 0.15) is 32.6 Å². The van der Waals surface area contributed by atoms with Gasteiger partial charge in [0.1, 0.15) is 6.54 Å². The Hall–Kier alpha value is -0.910. The maximum atomic E-state index is 11.9. The second-order valence-corrected chi connectivity index (χ2v) is 5.94. The Morgan fingerprint density at radius 2 is 2.00 bits per heavy atom. The molecule has 1 saturated carbocycles. The standard InChI is InChI=1S/C12H22N2O3S/c1-3-14(8-10(15)16)11(17)13-9-12(18-2)6-4-5-7-12/h3-9H2,1-2H3,(H,13,17)(H,15,16). The van der Waals surface area contributed by atoms with E-state index in [2.05, 4.69) is 11.6 Å². The summed E-state index contributed by atoms with van der Waals surface area (Å²) >= 11 is 1.81. The van der Waals surface area contributed by atoms with E-state index < -0.39 is 5.97 Å². The number of carboxylic acid groups (broad SMARTS) is 1. The average Bonchev–Trinajstić information content (AvgIpc) is 2.82. The van der Waals surface area contributed by atoms with Crippen LogP contribution >= 0.6 is 11.8 Å². The predicted octanol–water partition coefficient (Wildman–Crippen LogP) is 1.78. The van der Waals surface area contributed by atoms with Gasteiger partial charge in [-0.1, -0.05) is 12.8 Å². The Labute approximate surface area is 112 Å². The Morgan fingerprint density at radius 1 is 1.39 bits per heavy atom. The van der Waals surface area contributed by atoms with Gasteiger partial charge in [0, 0.05) is 17.8 Å². The van der Waals surface area contributed by atoms with Crippen molar-refractivity contribution < 1.29 is 14.7 Å². The Kier molecular flexibility index (Phi) is 5.78. The predicted molar refractivity (Wildman–Crippen MR) is 73.0 cm³/mol. The highest BCUT2D eigenvalue weighted by molar-refractivity contribution is 8.00. The maximum absolute atomic E-state index is 11.9. The minimum Gasteiger partial charge on any atom is -0.480 e. The molecule has 0 saturated heterocycles. The van der Waals surface area contributed by atoms with Gasteiger partial charge >= 0.3 is 12.0 Å². The van der Waals surface area contributed by atoms with E-state index in [4.69, 9.17) is 5.11 Å². The normalized spacial score (nSPS) is 17.4. The molecule has 18 heavy (non-hydrogen) atoms. The number of hydrogen-bond donors (Lipinski definition) is 2. The van der Waals surface area contributed by atoms with Gasteiger partial charge in [0.25, 0.3) is 0 Å². The first-order valence-corrected chi connectivity index (χ1v) is 7.55. The minimum absolute atomic E-state index is 0.151. The van der Waals surface area contributed by atoms with Gasteiger partial charge in [-0.2, -0.15) is 11.8 Å². The van der Waals surface area contributed by atoms with Gasteiger partial charge in [-0.25, -0.2) is 4.79 Å². The number of hydrogen-bond acceptors (Lipinski definition) is 3. The lowest BCUT2D eigenvalue weighted by Gasteiger charge is -2.28. The van der Waals surface area contributed by atoms with Crippen LogP contribution in [0.15, 0.2) is 0 Å². The fraction of sp³-hybridized carbons (Fsp3) is 0.833. The largest absolute Gasteiger partial charge is 0.480 e. The van der Waals surface area contributed by atoms with Crippen LogP contribution in [0.25, 0.3) is 0 Å². The summed E-state index contributed by atoms with van der Waals surface area (Å²) in [6.07, 6.45) is 6.75. The zero-order valence-corrected chi connectivity index (χ0v) is 11.9. The summed E-state index contributed by atoms with van der Waals surface area (Å²) in [6.45, 7) is 2.57. The highest BCUT2D eigenvalue weighted by Gasteiger charge is 2.33. The topological polar surface area (TPSA) is 69.6 Å². The first-order chi connectivity index (χ1) is 8.53. The van der Waals surface area contributed by atoms with Crippen molar-refractivity contribution in [2.24, 2.45) is 0 Å². The third-order valence-corrected chi connectivity index (χ3v) is 4.92. The van der Waals surface area contributed by atoms with Crippen molar-refractivity contribution in [3.63, 3.8) is 0 Å². The number of aliphatic carboxylic acids is 1. The van der Waals surface area contributed by atoms with E-state index in [-0.39, 0.29) is 17.3 Å². The molecular weight excluding hydrogens is 252 g/mol. The number of rotatable bonds is 6. The van der Waals surface area contributed by atoms with Crippen LogP contribution in [-0.4, -0.2) is 52.6 Å². The van der Waals surface area contributed by atoms with Crippen molar-refractivity contribution in [3.8, 4) is 0 Å². The summed E-state index contributed by atoms with van der Waals surface area (Å²) in [7, 11) is 0. The number of likely N-dealkylation sites (N-methyl/N-ethyl adjacent to an activating group) is 1. The van der Waals surface area contributed by atoms with Gasteiger partial charge in [-0.15, -0.1) is 0 Å². The molecule has 0 bridgehead atoms. The second-order valence-electron chi connectivity index (χ2n) is 4.66. The van der Waals surface area contributed by atoms with Gasteiger partial charge in [-0.05, 0) is 26.0 Å². The molecule has 0 unspecified atom stereocenters. The number of nitrogens with zero attached hydrogens (tertiary/aromatic N) is 1. The lowest BCUT2D eigenvalue weighted by atomic mass is 10.1. The van der Waals surface area contributed by atoms with E-state index in [1.807, 2.05) is 0 Å². The first-order valence-electron chi connectivity index (χ1n) is 6.33. The van der Waals surface area contributed by atoms with Gasteiger partial charge in [0.05, 0.1) is 0 Å². The average molecular weight is 274 g/mol. The molecule has 2 amide bonds. The monoisotopic (exact) mass is 274 g/mol. The van der Waals surface area contributed by atoms with Crippen LogP contribution < -0.4 is 5.32 Å². The number of amides is 2. The summed E-state index contributed by atoms with van der Waals surface area (Å²) in [4.78, 5) is 23.8. The molecule has 0 spiro atoms. The maximum Gasteiger partial charge on any atom is 0.323 e. The van der Waals surface area contributed by atoms with Crippen LogP contribution in [0.2, 0.25) is 0 Å². The zero-order valence-electron chi connectivity index (χ0n) is 11.1. The van der Waals surface area contributed by atoms with Crippen LogP contribution in [0.4, 0.5) is 4.79 Å². The molecule has 0 aromatic heterocycles. The Balaban J connectivity index is 2.45. The van der Waals surface area contributed by atoms with Crippen LogP contribution in [0, 0.1) is 0 Å². The van der Waals surface area contributed by atoms with Gasteiger partial charge in [0.2, 0.25) is 0 Å². The van der Waals surface area contributed by atoms with Crippen LogP contribution in [0.3, 0.4) is 0 Å². The molecule has 2 N–H and O–H groups in total. The summed E-state index contributed by atoms with van der Waals surface area (Å²) in [5.74, 6) is -0.979. The number of carbonyl (C=O) groups is 2. The third kappa shape index (κ3) is 4.08. The zero-order chi connectivity index (χ0) is 13.6. The Bertz CT molecular complexity index is 304. The SMILES string of the molecule is CCN(CC(=O)O)C(=O)NCC1(SC)CCCC1. The van der Waals surface area contributed by atoms with Crippen molar-refractivity contribution in [1.29, 1.82) is 0 Å². The number of urea groups is 1. The lowest BCUT2D eigenvalue weighted by Crippen LogP contribution is -2.47. The molecule has 1 rings (SSSR count). The smallest absolute Gasteiger partial charge is 0.323 e. The Morgan fingerprint density at radius 3 is 2.44 bits per heavy atom. The molecule has 1 aliphatic rings. The lowest BCUT2D eigenvalue weighted by molar-refractivity contribution is -0.137.